The maximum absolute atomic E-state index is 12.6. The summed E-state index contributed by atoms with van der Waals surface area (Å²) in [5.74, 6) is 1.23. The van der Waals surface area contributed by atoms with Gasteiger partial charge < -0.3 is 14.5 Å². The molecule has 2 aromatic heterocycles. The van der Waals surface area contributed by atoms with Gasteiger partial charge in [-0.1, -0.05) is 12.1 Å². The van der Waals surface area contributed by atoms with Gasteiger partial charge in [0.1, 0.15) is 29.2 Å². The molecule has 0 radical (unpaired) electrons. The van der Waals surface area contributed by atoms with Crippen LogP contribution < -0.4 is 10.1 Å². The summed E-state index contributed by atoms with van der Waals surface area (Å²) in [6.07, 6.45) is 4.11. The molecule has 4 rings (SSSR count). The Kier molecular flexibility index (Phi) is 5.41. The van der Waals surface area contributed by atoms with Gasteiger partial charge >= 0.3 is 0 Å². The number of furan rings is 1. The number of amides is 1. The lowest BCUT2D eigenvalue weighted by Crippen LogP contribution is -2.11. The first-order valence-electron chi connectivity index (χ1n) is 9.70. The van der Waals surface area contributed by atoms with Crippen LogP contribution in [0.3, 0.4) is 0 Å². The predicted molar refractivity (Wildman–Crippen MR) is 113 cm³/mol. The Morgan fingerprint density at radius 2 is 2.07 bits per heavy atom. The average Bonchev–Trinajstić information content (AvgIpc) is 3.32. The third-order valence-electron chi connectivity index (χ3n) is 5.11. The fraction of sp³-hybridized carbons (Fsp3) is 0.304. The molecule has 6 heteroatoms. The van der Waals surface area contributed by atoms with Crippen LogP contribution in [0.2, 0.25) is 0 Å². The maximum Gasteiger partial charge on any atom is 0.292 e. The largest absolute Gasteiger partial charge is 0.485 e. The number of hydrogen-bond acceptors (Lipinski definition) is 5. The van der Waals surface area contributed by atoms with Gasteiger partial charge in [0.2, 0.25) is 0 Å². The lowest BCUT2D eigenvalue weighted by atomic mass is 9.96. The molecule has 1 aliphatic rings. The third-order valence-corrected chi connectivity index (χ3v) is 6.32. The van der Waals surface area contributed by atoms with Crippen LogP contribution in [0.5, 0.6) is 5.75 Å². The Bertz CT molecular complexity index is 1100. The van der Waals surface area contributed by atoms with Crippen molar-refractivity contribution in [2.24, 2.45) is 0 Å². The van der Waals surface area contributed by atoms with Crippen molar-refractivity contribution in [3.63, 3.8) is 0 Å². The molecule has 2 heterocycles. The van der Waals surface area contributed by atoms with Gasteiger partial charge in [-0.15, -0.1) is 11.3 Å². The molecule has 1 N–H and O–H groups in total. The van der Waals surface area contributed by atoms with Gasteiger partial charge in [0.25, 0.3) is 5.91 Å². The van der Waals surface area contributed by atoms with Crippen molar-refractivity contribution in [2.75, 3.05) is 5.32 Å². The van der Waals surface area contributed by atoms with Crippen LogP contribution in [0.25, 0.3) is 0 Å². The number of carbonyl (C=O) groups excluding carboxylic acids is 1. The maximum atomic E-state index is 12.6. The van der Waals surface area contributed by atoms with E-state index in [4.69, 9.17) is 9.15 Å². The van der Waals surface area contributed by atoms with Crippen molar-refractivity contribution in [1.82, 2.24) is 0 Å². The van der Waals surface area contributed by atoms with Crippen molar-refractivity contribution >= 4 is 22.2 Å². The van der Waals surface area contributed by atoms with E-state index < -0.39 is 0 Å². The number of aryl methyl sites for hydroxylation is 3. The molecule has 0 atom stereocenters. The second-order valence-corrected chi connectivity index (χ2v) is 8.41. The summed E-state index contributed by atoms with van der Waals surface area (Å²) in [5, 5.41) is 13.0. The van der Waals surface area contributed by atoms with Crippen LogP contribution >= 0.6 is 11.3 Å². The molecule has 0 unspecified atom stereocenters. The SMILES string of the molecule is Cc1ccc(C)c(OCc2ccc(C(=O)Nc3sc4c(c3C#N)CCCC4)o2)c1. The highest BCUT2D eigenvalue weighted by molar-refractivity contribution is 7.16. The molecule has 0 fully saturated rings. The Labute approximate surface area is 173 Å². The van der Waals surface area contributed by atoms with Crippen molar-refractivity contribution in [2.45, 2.75) is 46.1 Å². The van der Waals surface area contributed by atoms with Gasteiger partial charge in [-0.2, -0.15) is 5.26 Å². The topological polar surface area (TPSA) is 75.3 Å². The molecular weight excluding hydrogens is 384 g/mol. The molecule has 0 saturated carbocycles. The minimum atomic E-state index is -0.349. The number of carbonyl (C=O) groups is 1. The average molecular weight is 407 g/mol. The van der Waals surface area contributed by atoms with Crippen molar-refractivity contribution in [3.8, 4) is 11.8 Å². The number of ether oxygens (including phenoxy) is 1. The van der Waals surface area contributed by atoms with Crippen molar-refractivity contribution in [3.05, 3.63) is 69.0 Å². The van der Waals surface area contributed by atoms with E-state index in [0.717, 1.165) is 48.1 Å². The molecule has 29 heavy (non-hydrogen) atoms. The first kappa shape index (κ1) is 19.3. The smallest absolute Gasteiger partial charge is 0.292 e. The standard InChI is InChI=1S/C23H22N2O3S/c1-14-7-8-15(2)20(11-14)27-13-16-9-10-19(28-16)22(26)25-23-18(12-24)17-5-3-4-6-21(17)29-23/h7-11H,3-6,13H2,1-2H3,(H,25,26). The number of nitrogens with one attached hydrogen (secondary N) is 1. The first-order chi connectivity index (χ1) is 14.0. The summed E-state index contributed by atoms with van der Waals surface area (Å²) < 4.78 is 11.5. The summed E-state index contributed by atoms with van der Waals surface area (Å²) in [6.45, 7) is 4.25. The van der Waals surface area contributed by atoms with Gasteiger partial charge in [0.15, 0.2) is 5.76 Å². The van der Waals surface area contributed by atoms with E-state index in [-0.39, 0.29) is 18.3 Å². The molecule has 0 aliphatic heterocycles. The van der Waals surface area contributed by atoms with Crippen LogP contribution in [0.15, 0.2) is 34.7 Å². The molecule has 1 aromatic carbocycles. The molecule has 1 aliphatic carbocycles. The summed E-state index contributed by atoms with van der Waals surface area (Å²) in [5.41, 5.74) is 3.87. The fourth-order valence-electron chi connectivity index (χ4n) is 3.53. The zero-order valence-electron chi connectivity index (χ0n) is 16.5. The van der Waals surface area contributed by atoms with Gasteiger partial charge in [-0.3, -0.25) is 4.79 Å². The summed E-state index contributed by atoms with van der Waals surface area (Å²) in [7, 11) is 0. The number of rotatable bonds is 5. The third kappa shape index (κ3) is 4.06. The highest BCUT2D eigenvalue weighted by Gasteiger charge is 2.23. The molecular formula is C23H22N2O3S. The van der Waals surface area contributed by atoms with Gasteiger partial charge in [0.05, 0.1) is 5.56 Å². The second kappa shape index (κ2) is 8.14. The molecule has 148 valence electrons. The Balaban J connectivity index is 1.45. The molecule has 0 bridgehead atoms. The minimum absolute atomic E-state index is 0.208. The molecule has 3 aromatic rings. The molecule has 0 saturated heterocycles. The van der Waals surface area contributed by atoms with Crippen LogP contribution in [0, 0.1) is 25.2 Å². The van der Waals surface area contributed by atoms with Crippen molar-refractivity contribution in [1.29, 1.82) is 5.26 Å². The van der Waals surface area contributed by atoms with Crippen LogP contribution in [0.1, 0.15) is 56.3 Å². The summed E-state index contributed by atoms with van der Waals surface area (Å²) in [4.78, 5) is 13.8. The lowest BCUT2D eigenvalue weighted by molar-refractivity contribution is 0.0993. The second-order valence-electron chi connectivity index (χ2n) is 7.30. The summed E-state index contributed by atoms with van der Waals surface area (Å²) >= 11 is 1.51. The van der Waals surface area contributed by atoms with Crippen molar-refractivity contribution < 1.29 is 13.9 Å². The number of nitrogens with zero attached hydrogens (tertiary/aromatic N) is 1. The van der Waals surface area contributed by atoms with E-state index >= 15 is 0 Å². The number of thiophene rings is 1. The van der Waals surface area contributed by atoms with Crippen LogP contribution in [-0.4, -0.2) is 5.91 Å². The fourth-order valence-corrected chi connectivity index (χ4v) is 4.76. The number of anilines is 1. The van der Waals surface area contributed by atoms with Crippen LogP contribution in [-0.2, 0) is 19.4 Å². The zero-order chi connectivity index (χ0) is 20.4. The van der Waals surface area contributed by atoms with E-state index in [0.29, 0.717) is 16.3 Å². The van der Waals surface area contributed by atoms with E-state index in [1.165, 1.54) is 16.2 Å². The highest BCUT2D eigenvalue weighted by atomic mass is 32.1. The Morgan fingerprint density at radius 3 is 2.90 bits per heavy atom. The normalized spacial score (nSPS) is 12.9. The number of nitriles is 1. The number of hydrogen-bond donors (Lipinski definition) is 1. The highest BCUT2D eigenvalue weighted by Crippen LogP contribution is 2.37. The minimum Gasteiger partial charge on any atom is -0.485 e. The van der Waals surface area contributed by atoms with E-state index in [1.807, 2.05) is 32.0 Å². The van der Waals surface area contributed by atoms with E-state index in [1.54, 1.807) is 12.1 Å². The monoisotopic (exact) mass is 406 g/mol. The summed E-state index contributed by atoms with van der Waals surface area (Å²) in [6, 6.07) is 11.7. The Morgan fingerprint density at radius 1 is 1.24 bits per heavy atom. The molecule has 5 nitrogen and oxygen atoms in total. The lowest BCUT2D eigenvalue weighted by Gasteiger charge is -2.09. The van der Waals surface area contributed by atoms with Gasteiger partial charge in [-0.05, 0) is 74.4 Å². The zero-order valence-corrected chi connectivity index (χ0v) is 17.3. The van der Waals surface area contributed by atoms with E-state index in [2.05, 4.69) is 11.4 Å². The Hall–Kier alpha value is -3.04. The first-order valence-corrected chi connectivity index (χ1v) is 10.5. The van der Waals surface area contributed by atoms with E-state index in [9.17, 15) is 10.1 Å². The molecule has 0 spiro atoms. The number of benzene rings is 1. The van der Waals surface area contributed by atoms with Gasteiger partial charge in [0, 0.05) is 4.88 Å². The molecule has 1 amide bonds. The number of fused-ring (bicyclic) bond motifs is 1. The quantitative estimate of drug-likeness (QED) is 0.604. The van der Waals surface area contributed by atoms with Gasteiger partial charge in [-0.25, -0.2) is 0 Å². The predicted octanol–water partition coefficient (Wildman–Crippen LogP) is 5.54. The van der Waals surface area contributed by atoms with Crippen LogP contribution in [0.4, 0.5) is 5.00 Å².